The van der Waals surface area contributed by atoms with Crippen LogP contribution in [-0.4, -0.2) is 40.9 Å². The summed E-state index contributed by atoms with van der Waals surface area (Å²) in [5.41, 5.74) is 2.98. The van der Waals surface area contributed by atoms with Gasteiger partial charge in [0.25, 0.3) is 5.91 Å². The molecule has 0 saturated heterocycles. The molecule has 4 rings (SSSR count). The first-order chi connectivity index (χ1) is 15.0. The highest BCUT2D eigenvalue weighted by Gasteiger charge is 2.33. The lowest BCUT2D eigenvalue weighted by molar-refractivity contribution is -0.113. The van der Waals surface area contributed by atoms with Gasteiger partial charge in [-0.25, -0.2) is 9.48 Å². The van der Waals surface area contributed by atoms with E-state index in [1.165, 1.54) is 13.4 Å². The summed E-state index contributed by atoms with van der Waals surface area (Å²) in [4.78, 5) is 29.3. The number of amides is 1. The molecule has 158 valence electrons. The van der Waals surface area contributed by atoms with Crippen molar-refractivity contribution in [3.63, 3.8) is 0 Å². The smallest absolute Gasteiger partial charge is 0.337 e. The second-order valence-corrected chi connectivity index (χ2v) is 6.89. The van der Waals surface area contributed by atoms with Crippen molar-refractivity contribution in [3.8, 4) is 5.75 Å². The van der Waals surface area contributed by atoms with Gasteiger partial charge in [-0.2, -0.15) is 10.1 Å². The third-order valence-electron chi connectivity index (χ3n) is 5.03. The minimum absolute atomic E-state index is 0.279. The van der Waals surface area contributed by atoms with Gasteiger partial charge in [0.1, 0.15) is 18.1 Å². The Labute approximate surface area is 178 Å². The second kappa shape index (κ2) is 8.31. The molecule has 2 aromatic carbocycles. The summed E-state index contributed by atoms with van der Waals surface area (Å²) in [6, 6.07) is 13.4. The van der Waals surface area contributed by atoms with E-state index in [9.17, 15) is 9.59 Å². The molecule has 9 heteroatoms. The number of carbonyl (C=O) groups is 2. The maximum atomic E-state index is 13.3. The fraction of sp³-hybridized carbons (Fsp3) is 0.182. The maximum Gasteiger partial charge on any atom is 0.337 e. The normalized spacial score (nSPS) is 15.0. The summed E-state index contributed by atoms with van der Waals surface area (Å²) >= 11 is 0. The van der Waals surface area contributed by atoms with Crippen molar-refractivity contribution < 1.29 is 19.1 Å². The number of methoxy groups -OCH3 is 2. The number of fused-ring (bicyclic) bond motifs is 1. The van der Waals surface area contributed by atoms with E-state index in [0.29, 0.717) is 34.2 Å². The second-order valence-electron chi connectivity index (χ2n) is 6.89. The lowest BCUT2D eigenvalue weighted by Gasteiger charge is -2.28. The number of hydrogen-bond acceptors (Lipinski definition) is 7. The molecule has 1 atom stereocenters. The average Bonchev–Trinajstić information content (AvgIpc) is 3.26. The van der Waals surface area contributed by atoms with Gasteiger partial charge < -0.3 is 20.1 Å². The largest absolute Gasteiger partial charge is 0.497 e. The molecule has 0 bridgehead atoms. The van der Waals surface area contributed by atoms with Crippen LogP contribution in [0.4, 0.5) is 11.6 Å². The number of nitrogens with zero attached hydrogens (tertiary/aromatic N) is 3. The lowest BCUT2D eigenvalue weighted by Crippen LogP contribution is -2.31. The standard InChI is InChI=1S/C22H21N5O4/c1-13-18(20(28)26-16-8-10-17(30-2)11-9-16)19(27-22(25-13)23-12-24-27)14-4-6-15(7-5-14)21(29)31-3/h4-12,19H,1-3H3,(H,26,28)(H,23,24,25)/t19-/m1/s1. The molecule has 0 radical (unpaired) electrons. The van der Waals surface area contributed by atoms with Crippen LogP contribution in [0.2, 0.25) is 0 Å². The Morgan fingerprint density at radius 2 is 1.77 bits per heavy atom. The number of benzene rings is 2. The molecule has 0 aliphatic carbocycles. The van der Waals surface area contributed by atoms with Crippen LogP contribution in [0.15, 0.2) is 66.1 Å². The molecular weight excluding hydrogens is 398 g/mol. The van der Waals surface area contributed by atoms with Gasteiger partial charge in [-0.05, 0) is 48.9 Å². The maximum absolute atomic E-state index is 13.3. The van der Waals surface area contributed by atoms with Gasteiger partial charge in [0.15, 0.2) is 0 Å². The zero-order chi connectivity index (χ0) is 22.0. The molecular formula is C22H21N5O4. The van der Waals surface area contributed by atoms with Crippen molar-refractivity contribution in [1.29, 1.82) is 0 Å². The van der Waals surface area contributed by atoms with Crippen molar-refractivity contribution in [3.05, 3.63) is 77.3 Å². The van der Waals surface area contributed by atoms with Gasteiger partial charge >= 0.3 is 5.97 Å². The quantitative estimate of drug-likeness (QED) is 0.612. The van der Waals surface area contributed by atoms with E-state index in [2.05, 4.69) is 20.7 Å². The van der Waals surface area contributed by atoms with Crippen LogP contribution in [0.1, 0.15) is 28.9 Å². The van der Waals surface area contributed by atoms with Gasteiger partial charge in [-0.3, -0.25) is 4.79 Å². The molecule has 0 spiro atoms. The molecule has 2 N–H and O–H groups in total. The van der Waals surface area contributed by atoms with Gasteiger partial charge in [0.2, 0.25) is 5.95 Å². The first-order valence-corrected chi connectivity index (χ1v) is 9.52. The fourth-order valence-electron chi connectivity index (χ4n) is 3.49. The molecule has 1 amide bonds. The first-order valence-electron chi connectivity index (χ1n) is 9.52. The minimum Gasteiger partial charge on any atom is -0.497 e. The van der Waals surface area contributed by atoms with E-state index in [0.717, 1.165) is 5.56 Å². The number of rotatable bonds is 5. The number of ether oxygens (including phenoxy) is 2. The Morgan fingerprint density at radius 1 is 1.06 bits per heavy atom. The Morgan fingerprint density at radius 3 is 2.42 bits per heavy atom. The first kappa shape index (κ1) is 20.1. The van der Waals surface area contributed by atoms with Crippen molar-refractivity contribution in [1.82, 2.24) is 14.8 Å². The Hall–Kier alpha value is -4.14. The van der Waals surface area contributed by atoms with E-state index in [-0.39, 0.29) is 5.91 Å². The van der Waals surface area contributed by atoms with Gasteiger partial charge in [-0.1, -0.05) is 12.1 Å². The predicted molar refractivity (Wildman–Crippen MR) is 114 cm³/mol. The van der Waals surface area contributed by atoms with Crippen LogP contribution >= 0.6 is 0 Å². The van der Waals surface area contributed by atoms with Gasteiger partial charge in [0.05, 0.1) is 25.4 Å². The summed E-state index contributed by atoms with van der Waals surface area (Å²) in [6.07, 6.45) is 1.43. The lowest BCUT2D eigenvalue weighted by atomic mass is 9.94. The van der Waals surface area contributed by atoms with E-state index in [1.807, 2.05) is 6.92 Å². The number of allylic oxidation sites excluding steroid dienone is 1. The Bertz CT molecular complexity index is 1150. The number of carbonyl (C=O) groups excluding carboxylic acids is 2. The van der Waals surface area contributed by atoms with Crippen molar-refractivity contribution in [2.24, 2.45) is 0 Å². The van der Waals surface area contributed by atoms with Crippen molar-refractivity contribution >= 4 is 23.5 Å². The Balaban J connectivity index is 1.70. The molecule has 0 saturated carbocycles. The van der Waals surface area contributed by atoms with E-state index in [4.69, 9.17) is 9.47 Å². The number of aromatic nitrogens is 3. The van der Waals surface area contributed by atoms with E-state index < -0.39 is 12.0 Å². The number of esters is 1. The van der Waals surface area contributed by atoms with Crippen LogP contribution in [0.5, 0.6) is 5.75 Å². The van der Waals surface area contributed by atoms with Crippen molar-refractivity contribution in [2.45, 2.75) is 13.0 Å². The highest BCUT2D eigenvalue weighted by atomic mass is 16.5. The number of anilines is 2. The monoisotopic (exact) mass is 419 g/mol. The third-order valence-corrected chi connectivity index (χ3v) is 5.03. The van der Waals surface area contributed by atoms with Crippen LogP contribution in [-0.2, 0) is 9.53 Å². The van der Waals surface area contributed by atoms with Gasteiger partial charge in [0, 0.05) is 11.4 Å². The Kier molecular flexibility index (Phi) is 5.40. The molecule has 31 heavy (non-hydrogen) atoms. The topological polar surface area (TPSA) is 107 Å². The summed E-state index contributed by atoms with van der Waals surface area (Å²) in [5.74, 6) is 0.518. The van der Waals surface area contributed by atoms with Crippen LogP contribution in [0.3, 0.4) is 0 Å². The fourth-order valence-corrected chi connectivity index (χ4v) is 3.49. The van der Waals surface area contributed by atoms with Crippen molar-refractivity contribution in [2.75, 3.05) is 24.9 Å². The zero-order valence-electron chi connectivity index (χ0n) is 17.2. The average molecular weight is 419 g/mol. The molecule has 1 aliphatic heterocycles. The summed E-state index contributed by atoms with van der Waals surface area (Å²) in [5, 5.41) is 10.4. The highest BCUT2D eigenvalue weighted by molar-refractivity contribution is 6.06. The van der Waals surface area contributed by atoms with E-state index >= 15 is 0 Å². The molecule has 2 heterocycles. The van der Waals surface area contributed by atoms with Crippen LogP contribution in [0, 0.1) is 0 Å². The molecule has 1 aromatic heterocycles. The van der Waals surface area contributed by atoms with E-state index in [1.54, 1.807) is 60.3 Å². The van der Waals surface area contributed by atoms with Gasteiger partial charge in [-0.15, -0.1) is 0 Å². The molecule has 9 nitrogen and oxygen atoms in total. The van der Waals surface area contributed by atoms with Crippen LogP contribution < -0.4 is 15.4 Å². The highest BCUT2D eigenvalue weighted by Crippen LogP contribution is 2.35. The summed E-state index contributed by atoms with van der Waals surface area (Å²) < 4.78 is 11.6. The third kappa shape index (κ3) is 3.85. The SMILES string of the molecule is COC(=O)c1ccc([C@@H]2C(C(=O)Nc3ccc(OC)cc3)=C(C)Nc3ncnn32)cc1. The molecule has 0 fully saturated rings. The molecule has 0 unspecified atom stereocenters. The zero-order valence-corrected chi connectivity index (χ0v) is 17.2. The predicted octanol–water partition coefficient (Wildman–Crippen LogP) is 3.00. The minimum atomic E-state index is -0.524. The number of nitrogens with one attached hydrogen (secondary N) is 2. The van der Waals surface area contributed by atoms with Crippen LogP contribution in [0.25, 0.3) is 0 Å². The molecule has 1 aliphatic rings. The summed E-state index contributed by atoms with van der Waals surface area (Å²) in [6.45, 7) is 1.82. The summed E-state index contributed by atoms with van der Waals surface area (Å²) in [7, 11) is 2.92. The number of hydrogen-bond donors (Lipinski definition) is 2. The molecule has 3 aromatic rings.